The van der Waals surface area contributed by atoms with Gasteiger partial charge in [-0.3, -0.25) is 19.4 Å². The number of carboxylic acid groups (broad SMARTS) is 1. The average molecular weight is 784 g/mol. The molecule has 57 heavy (non-hydrogen) atoms. The Morgan fingerprint density at radius 1 is 0.807 bits per heavy atom. The van der Waals surface area contributed by atoms with Crippen LogP contribution in [-0.2, 0) is 39.8 Å². The van der Waals surface area contributed by atoms with Gasteiger partial charge < -0.3 is 34.1 Å². The maximum absolute atomic E-state index is 12.9. The summed E-state index contributed by atoms with van der Waals surface area (Å²) in [4.78, 5) is 44.1. The van der Waals surface area contributed by atoms with Crippen molar-refractivity contribution < 1.29 is 43.2 Å². The molecule has 0 saturated carbocycles. The number of ether oxygens (including phenoxy) is 5. The molecule has 0 aliphatic heterocycles. The minimum Gasteiger partial charge on any atom is -0.491 e. The first-order chi connectivity index (χ1) is 27.8. The largest absolute Gasteiger partial charge is 0.491 e. The van der Waals surface area contributed by atoms with Crippen molar-refractivity contribution in [1.29, 1.82) is 0 Å². The lowest BCUT2D eigenvalue weighted by Crippen LogP contribution is -2.30. The molecule has 0 radical (unpaired) electrons. The number of rotatable bonds is 29. The highest BCUT2D eigenvalue weighted by Gasteiger charge is 2.20. The third kappa shape index (κ3) is 16.7. The summed E-state index contributed by atoms with van der Waals surface area (Å²) >= 11 is 0. The van der Waals surface area contributed by atoms with Crippen molar-refractivity contribution in [3.63, 3.8) is 0 Å². The van der Waals surface area contributed by atoms with E-state index in [0.29, 0.717) is 78.8 Å². The molecule has 1 amide bonds. The number of Topliss-reactive ketones (excluding diaryl/α,β-unsaturated/α-hetero) is 1. The molecule has 0 aliphatic rings. The van der Waals surface area contributed by atoms with E-state index in [0.717, 1.165) is 57.3 Å². The molecule has 1 aromatic heterocycles. The van der Waals surface area contributed by atoms with Crippen LogP contribution in [-0.4, -0.2) is 100 Å². The number of carbonyl (C=O) groups is 3. The molecule has 0 fully saturated rings. The Morgan fingerprint density at radius 3 is 2.14 bits per heavy atom. The van der Waals surface area contributed by atoms with Gasteiger partial charge in [0, 0.05) is 47.5 Å². The van der Waals surface area contributed by atoms with Gasteiger partial charge in [0.15, 0.2) is 5.78 Å². The molecule has 304 valence electrons. The summed E-state index contributed by atoms with van der Waals surface area (Å²) in [6.07, 6.45) is 4.19. The van der Waals surface area contributed by atoms with E-state index >= 15 is 0 Å². The summed E-state index contributed by atoms with van der Waals surface area (Å²) in [5, 5.41) is 17.7. The predicted octanol–water partition coefficient (Wildman–Crippen LogP) is 7.01. The van der Waals surface area contributed by atoms with E-state index in [9.17, 15) is 19.5 Å². The molecule has 0 bridgehead atoms. The first-order valence-electron chi connectivity index (χ1n) is 19.3. The van der Waals surface area contributed by atoms with Crippen molar-refractivity contribution in [2.45, 2.75) is 51.4 Å². The molecule has 3 aromatic carbocycles. The second-order valence-electron chi connectivity index (χ2n) is 13.4. The number of ketones is 1. The van der Waals surface area contributed by atoms with E-state index in [-0.39, 0.29) is 31.1 Å². The van der Waals surface area contributed by atoms with Crippen molar-refractivity contribution >= 4 is 28.4 Å². The summed E-state index contributed by atoms with van der Waals surface area (Å²) in [5.41, 5.74) is 13.0. The molecule has 0 unspecified atom stereocenters. The summed E-state index contributed by atoms with van der Waals surface area (Å²) in [6.45, 7) is 5.92. The van der Waals surface area contributed by atoms with Crippen molar-refractivity contribution in [2.24, 2.45) is 5.11 Å². The van der Waals surface area contributed by atoms with E-state index in [1.165, 1.54) is 0 Å². The van der Waals surface area contributed by atoms with Crippen LogP contribution in [0.25, 0.3) is 32.3 Å². The Bertz CT molecular complexity index is 1900. The fraction of sp³-hybridized carbons (Fsp3) is 0.442. The van der Waals surface area contributed by atoms with Gasteiger partial charge >= 0.3 is 5.97 Å². The van der Waals surface area contributed by atoms with Crippen molar-refractivity contribution in [3.05, 3.63) is 106 Å². The smallest absolute Gasteiger partial charge is 0.303 e. The molecule has 0 saturated heterocycles. The minimum absolute atomic E-state index is 0.00567. The molecule has 4 aromatic rings. The Hall–Kier alpha value is -5.37. The van der Waals surface area contributed by atoms with Crippen LogP contribution in [0.2, 0.25) is 0 Å². The van der Waals surface area contributed by atoms with Gasteiger partial charge in [-0.15, -0.1) is 0 Å². The van der Waals surface area contributed by atoms with Crippen LogP contribution in [0.3, 0.4) is 0 Å². The van der Waals surface area contributed by atoms with Crippen molar-refractivity contribution in [1.82, 2.24) is 10.3 Å². The molecule has 4 rings (SSSR count). The molecule has 14 nitrogen and oxygen atoms in total. The van der Waals surface area contributed by atoms with Gasteiger partial charge in [-0.25, -0.2) is 0 Å². The number of benzene rings is 3. The van der Waals surface area contributed by atoms with E-state index in [1.807, 2.05) is 79.7 Å². The fourth-order valence-corrected chi connectivity index (χ4v) is 6.18. The summed E-state index contributed by atoms with van der Waals surface area (Å²) in [7, 11) is 0. The number of amides is 1. The quantitative estimate of drug-likeness (QED) is 0.0251. The van der Waals surface area contributed by atoms with Crippen LogP contribution in [0.5, 0.6) is 5.75 Å². The van der Waals surface area contributed by atoms with Gasteiger partial charge in [-0.05, 0) is 77.6 Å². The fourth-order valence-electron chi connectivity index (χ4n) is 6.18. The Balaban J connectivity index is 1.19. The van der Waals surface area contributed by atoms with Crippen LogP contribution in [0.15, 0.2) is 84.1 Å². The zero-order chi connectivity index (χ0) is 40.5. The molecule has 0 spiro atoms. The molecule has 14 heteroatoms. The Kier molecular flexibility index (Phi) is 20.0. The number of aliphatic carboxylic acids is 1. The highest BCUT2D eigenvalue weighted by molar-refractivity contribution is 6.00. The second kappa shape index (κ2) is 25.7. The number of pyridine rings is 1. The lowest BCUT2D eigenvalue weighted by molar-refractivity contribution is -0.137. The normalized spacial score (nSPS) is 11.5. The van der Waals surface area contributed by atoms with Gasteiger partial charge in [0.2, 0.25) is 5.91 Å². The topological polar surface area (TPSA) is 191 Å². The van der Waals surface area contributed by atoms with Crippen LogP contribution in [0.4, 0.5) is 0 Å². The van der Waals surface area contributed by atoms with E-state index in [4.69, 9.17) is 29.2 Å². The third-order valence-electron chi connectivity index (χ3n) is 9.01. The number of hydrogen-bond acceptors (Lipinski definition) is 10. The number of azide groups is 1. The molecular formula is C43H53N5O9. The average Bonchev–Trinajstić information content (AvgIpc) is 3.21. The maximum Gasteiger partial charge on any atom is 0.303 e. The monoisotopic (exact) mass is 783 g/mol. The van der Waals surface area contributed by atoms with Gasteiger partial charge in [-0.1, -0.05) is 59.7 Å². The van der Waals surface area contributed by atoms with E-state index < -0.39 is 11.9 Å². The number of aromatic nitrogens is 1. The van der Waals surface area contributed by atoms with Gasteiger partial charge in [0.1, 0.15) is 12.4 Å². The van der Waals surface area contributed by atoms with E-state index in [2.05, 4.69) is 20.3 Å². The number of carboxylic acids is 1. The lowest BCUT2D eigenvalue weighted by Gasteiger charge is -2.17. The van der Waals surface area contributed by atoms with Crippen molar-refractivity contribution in [3.8, 4) is 16.9 Å². The number of hydrogen-bond donors (Lipinski definition) is 2. The lowest BCUT2D eigenvalue weighted by atomic mass is 9.89. The van der Waals surface area contributed by atoms with Crippen molar-refractivity contribution in [2.75, 3.05) is 72.6 Å². The summed E-state index contributed by atoms with van der Waals surface area (Å²) in [5.74, 6) is -1.21. The summed E-state index contributed by atoms with van der Waals surface area (Å²) in [6, 6.07) is 23.5. The van der Waals surface area contributed by atoms with Gasteiger partial charge in [0.25, 0.3) is 0 Å². The first kappa shape index (κ1) is 44.3. The standard InChI is InChI=1S/C43H53N5O9/c1-32-16-17-45-36(28-32)6-2-5-9-42(50)46-31-37(49)29-35(30-43(51)52)33-10-12-34(13-11-33)38-14-15-41(40-8-4-3-7-39(38)40)57-27-26-56-25-24-55-23-22-54-21-20-53-19-18-47-48-44/h3-4,7-8,10-17,28,35H,2,5-6,9,18-27,29-31H2,1H3,(H,46,50)(H,51,52)/t35-/m0/s1. The Morgan fingerprint density at radius 2 is 1.47 bits per heavy atom. The second-order valence-corrected chi connectivity index (χ2v) is 13.4. The van der Waals surface area contributed by atoms with Crippen LogP contribution in [0.1, 0.15) is 54.8 Å². The predicted molar refractivity (Wildman–Crippen MR) is 216 cm³/mol. The SMILES string of the molecule is Cc1ccnc(CCCCC(=O)NCC(=O)C[C@@H](CC(=O)O)c2ccc(-c3ccc(OCCOCCOCCOCCOCCN=[N+]=[N-])c4ccccc34)cc2)c1. The Labute approximate surface area is 333 Å². The molecule has 2 N–H and O–H groups in total. The molecule has 1 heterocycles. The molecule has 1 atom stereocenters. The number of carbonyl (C=O) groups excluding carboxylic acids is 2. The zero-order valence-corrected chi connectivity index (χ0v) is 32.6. The number of nitrogens with one attached hydrogen (secondary N) is 1. The molecule has 0 aliphatic carbocycles. The number of unbranched alkanes of at least 4 members (excludes halogenated alkanes) is 1. The third-order valence-corrected chi connectivity index (χ3v) is 9.01. The van der Waals surface area contributed by atoms with Gasteiger partial charge in [0.05, 0.1) is 65.8 Å². The summed E-state index contributed by atoms with van der Waals surface area (Å²) < 4.78 is 28.0. The molecular weight excluding hydrogens is 730 g/mol. The zero-order valence-electron chi connectivity index (χ0n) is 32.6. The van der Waals surface area contributed by atoms with Gasteiger partial charge in [-0.2, -0.15) is 0 Å². The number of fused-ring (bicyclic) bond motifs is 1. The van der Waals surface area contributed by atoms with Crippen LogP contribution < -0.4 is 10.1 Å². The van der Waals surface area contributed by atoms with Crippen LogP contribution in [0, 0.1) is 6.92 Å². The number of aryl methyl sites for hydroxylation is 2. The minimum atomic E-state index is -0.995. The van der Waals surface area contributed by atoms with E-state index in [1.54, 1.807) is 6.20 Å². The highest BCUT2D eigenvalue weighted by atomic mass is 16.6. The maximum atomic E-state index is 12.9. The number of nitrogens with zero attached hydrogens (tertiary/aromatic N) is 4. The van der Waals surface area contributed by atoms with Crippen LogP contribution >= 0.6 is 0 Å². The first-order valence-corrected chi connectivity index (χ1v) is 19.3. The highest BCUT2D eigenvalue weighted by Crippen LogP contribution is 2.35.